The van der Waals surface area contributed by atoms with E-state index in [4.69, 9.17) is 0 Å². The Balaban J connectivity index is 0.000000204. The Bertz CT molecular complexity index is 611. The van der Waals surface area contributed by atoms with Crippen LogP contribution in [0.25, 0.3) is 0 Å². The smallest absolute Gasteiger partial charge is 0.269 e. The molecule has 0 aliphatic carbocycles. The van der Waals surface area contributed by atoms with Crippen molar-refractivity contribution in [3.05, 3.63) is 75.6 Å². The van der Waals surface area contributed by atoms with Crippen LogP contribution < -0.4 is 0 Å². The number of hydrogen-bond acceptors (Lipinski definition) is 4. The molecule has 0 spiro atoms. The van der Waals surface area contributed by atoms with Gasteiger partial charge in [-0.2, -0.15) is 0 Å². The second-order valence-electron chi connectivity index (χ2n) is 3.64. The van der Waals surface area contributed by atoms with Gasteiger partial charge in [0.15, 0.2) is 0 Å². The molecular formula is C14H10FNO4. The normalized spacial score (nSPS) is 9.05. The highest BCUT2D eigenvalue weighted by atomic mass is 19.1. The molecule has 2 aromatic carbocycles. The van der Waals surface area contributed by atoms with Crippen molar-refractivity contribution < 1.29 is 18.9 Å². The maximum Gasteiger partial charge on any atom is 0.269 e. The SMILES string of the molecule is O=Cc1ccc([N+](=O)[O-])cc1.O=Cc1cccc(F)c1. The Labute approximate surface area is 113 Å². The van der Waals surface area contributed by atoms with Crippen LogP contribution in [0.4, 0.5) is 10.1 Å². The van der Waals surface area contributed by atoms with Crippen molar-refractivity contribution in [1.29, 1.82) is 0 Å². The number of non-ortho nitro benzene ring substituents is 1. The molecule has 0 amide bonds. The fourth-order valence-electron chi connectivity index (χ4n) is 1.25. The number of nitro groups is 1. The predicted octanol–water partition coefficient (Wildman–Crippen LogP) is 3.05. The van der Waals surface area contributed by atoms with Gasteiger partial charge in [0.2, 0.25) is 0 Å². The molecule has 2 aromatic rings. The summed E-state index contributed by atoms with van der Waals surface area (Å²) in [6.45, 7) is 0. The quantitative estimate of drug-likeness (QED) is 0.490. The molecule has 0 fully saturated rings. The zero-order valence-electron chi connectivity index (χ0n) is 10.2. The number of rotatable bonds is 3. The van der Waals surface area contributed by atoms with Crippen LogP contribution in [0.2, 0.25) is 0 Å². The van der Waals surface area contributed by atoms with Gasteiger partial charge in [-0.05, 0) is 24.3 Å². The summed E-state index contributed by atoms with van der Waals surface area (Å²) in [6, 6.07) is 10.9. The third-order valence-electron chi connectivity index (χ3n) is 2.22. The van der Waals surface area contributed by atoms with Crippen LogP contribution in [-0.4, -0.2) is 17.5 Å². The van der Waals surface area contributed by atoms with Gasteiger partial charge in [-0.1, -0.05) is 12.1 Å². The van der Waals surface area contributed by atoms with E-state index in [2.05, 4.69) is 0 Å². The Hall–Kier alpha value is -2.89. The number of benzene rings is 2. The van der Waals surface area contributed by atoms with E-state index in [0.29, 0.717) is 23.7 Å². The maximum atomic E-state index is 12.2. The van der Waals surface area contributed by atoms with Gasteiger partial charge in [0.1, 0.15) is 18.4 Å². The van der Waals surface area contributed by atoms with Crippen molar-refractivity contribution >= 4 is 18.3 Å². The lowest BCUT2D eigenvalue weighted by Crippen LogP contribution is -1.87. The van der Waals surface area contributed by atoms with Crippen LogP contribution in [0.15, 0.2) is 48.5 Å². The fraction of sp³-hybridized carbons (Fsp3) is 0. The van der Waals surface area contributed by atoms with Crippen LogP contribution in [0.3, 0.4) is 0 Å². The van der Waals surface area contributed by atoms with E-state index in [1.807, 2.05) is 0 Å². The number of carbonyl (C=O) groups excluding carboxylic acids is 2. The van der Waals surface area contributed by atoms with Gasteiger partial charge in [0.05, 0.1) is 4.92 Å². The Morgan fingerprint density at radius 2 is 1.55 bits per heavy atom. The number of halogens is 1. The molecule has 0 aromatic heterocycles. The summed E-state index contributed by atoms with van der Waals surface area (Å²) < 4.78 is 12.2. The molecule has 5 nitrogen and oxygen atoms in total. The summed E-state index contributed by atoms with van der Waals surface area (Å²) in [5.74, 6) is -0.375. The molecule has 6 heteroatoms. The van der Waals surface area contributed by atoms with Crippen LogP contribution >= 0.6 is 0 Å². The van der Waals surface area contributed by atoms with E-state index in [1.165, 1.54) is 42.5 Å². The second-order valence-corrected chi connectivity index (χ2v) is 3.64. The zero-order valence-corrected chi connectivity index (χ0v) is 10.2. The van der Waals surface area contributed by atoms with Crippen molar-refractivity contribution in [2.45, 2.75) is 0 Å². The van der Waals surface area contributed by atoms with Gasteiger partial charge in [0.25, 0.3) is 5.69 Å². The highest BCUT2D eigenvalue weighted by Gasteiger charge is 2.02. The van der Waals surface area contributed by atoms with Crippen molar-refractivity contribution in [2.24, 2.45) is 0 Å². The lowest BCUT2D eigenvalue weighted by Gasteiger charge is -1.89. The second kappa shape index (κ2) is 7.52. The molecular weight excluding hydrogens is 265 g/mol. The molecule has 0 saturated heterocycles. The van der Waals surface area contributed by atoms with Crippen LogP contribution in [0, 0.1) is 15.9 Å². The summed E-state index contributed by atoms with van der Waals surface area (Å²) in [6.07, 6.45) is 1.26. The topological polar surface area (TPSA) is 77.3 Å². The molecule has 0 atom stereocenters. The number of aldehydes is 2. The van der Waals surface area contributed by atoms with E-state index in [0.717, 1.165) is 0 Å². The zero-order chi connectivity index (χ0) is 15.0. The molecule has 0 unspecified atom stereocenters. The summed E-state index contributed by atoms with van der Waals surface area (Å²) in [7, 11) is 0. The van der Waals surface area contributed by atoms with Crippen molar-refractivity contribution in [2.75, 3.05) is 0 Å². The van der Waals surface area contributed by atoms with E-state index < -0.39 is 4.92 Å². The lowest BCUT2D eigenvalue weighted by molar-refractivity contribution is -0.384. The summed E-state index contributed by atoms with van der Waals surface area (Å²) in [5, 5.41) is 10.1. The van der Waals surface area contributed by atoms with E-state index in [9.17, 15) is 24.1 Å². The first-order valence-corrected chi connectivity index (χ1v) is 5.47. The molecule has 0 saturated carbocycles. The van der Waals surface area contributed by atoms with Crippen molar-refractivity contribution in [3.8, 4) is 0 Å². The molecule has 0 bridgehead atoms. The van der Waals surface area contributed by atoms with Gasteiger partial charge < -0.3 is 0 Å². The third kappa shape index (κ3) is 4.77. The van der Waals surface area contributed by atoms with Crippen LogP contribution in [0.5, 0.6) is 0 Å². The van der Waals surface area contributed by atoms with E-state index >= 15 is 0 Å². The molecule has 102 valence electrons. The first-order valence-electron chi connectivity index (χ1n) is 5.47. The first-order chi connectivity index (χ1) is 9.56. The molecule has 0 heterocycles. The Morgan fingerprint density at radius 1 is 0.950 bits per heavy atom. The molecule has 0 aliphatic heterocycles. The van der Waals surface area contributed by atoms with Crippen molar-refractivity contribution in [3.63, 3.8) is 0 Å². The summed E-state index contributed by atoms with van der Waals surface area (Å²) >= 11 is 0. The third-order valence-corrected chi connectivity index (χ3v) is 2.22. The standard InChI is InChI=1S/C7H5FO.C7H5NO3/c8-7-3-1-2-6(4-7)5-9;9-5-6-1-3-7(4-2-6)8(10)11/h1-5H;1-5H. The highest BCUT2D eigenvalue weighted by Crippen LogP contribution is 2.10. The van der Waals surface area contributed by atoms with E-state index in [1.54, 1.807) is 6.07 Å². The Morgan fingerprint density at radius 3 is 1.95 bits per heavy atom. The minimum Gasteiger partial charge on any atom is -0.298 e. The number of nitro benzene ring substituents is 1. The van der Waals surface area contributed by atoms with Gasteiger partial charge in [-0.15, -0.1) is 0 Å². The number of hydrogen-bond donors (Lipinski definition) is 0. The average Bonchev–Trinajstić information content (AvgIpc) is 2.48. The molecule has 20 heavy (non-hydrogen) atoms. The minimum atomic E-state index is -0.505. The fourth-order valence-corrected chi connectivity index (χ4v) is 1.25. The van der Waals surface area contributed by atoms with Gasteiger partial charge in [-0.3, -0.25) is 19.7 Å². The number of nitrogens with zero attached hydrogens (tertiary/aromatic N) is 1. The monoisotopic (exact) mass is 275 g/mol. The molecule has 0 radical (unpaired) electrons. The molecule has 0 aliphatic rings. The van der Waals surface area contributed by atoms with Gasteiger partial charge >= 0.3 is 0 Å². The molecule has 0 N–H and O–H groups in total. The average molecular weight is 275 g/mol. The molecule has 2 rings (SSSR count). The predicted molar refractivity (Wildman–Crippen MR) is 70.3 cm³/mol. The van der Waals surface area contributed by atoms with Gasteiger partial charge in [-0.25, -0.2) is 4.39 Å². The Kier molecular flexibility index (Phi) is 5.71. The highest BCUT2D eigenvalue weighted by molar-refractivity contribution is 5.75. The first kappa shape index (κ1) is 15.2. The lowest BCUT2D eigenvalue weighted by atomic mass is 10.2. The van der Waals surface area contributed by atoms with Gasteiger partial charge in [0, 0.05) is 23.3 Å². The minimum absolute atomic E-state index is 0.00407. The maximum absolute atomic E-state index is 12.2. The van der Waals surface area contributed by atoms with E-state index in [-0.39, 0.29) is 11.5 Å². The number of carbonyl (C=O) groups is 2. The van der Waals surface area contributed by atoms with Crippen LogP contribution in [0.1, 0.15) is 20.7 Å². The van der Waals surface area contributed by atoms with Crippen LogP contribution in [-0.2, 0) is 0 Å². The largest absolute Gasteiger partial charge is 0.298 e. The van der Waals surface area contributed by atoms with Crippen molar-refractivity contribution in [1.82, 2.24) is 0 Å². The summed E-state index contributed by atoms with van der Waals surface area (Å²) in [4.78, 5) is 29.7. The summed E-state index contributed by atoms with van der Waals surface area (Å²) in [5.41, 5.74) is 0.807.